The van der Waals surface area contributed by atoms with Gasteiger partial charge in [-0.1, -0.05) is 0 Å². The molecule has 0 atom stereocenters. The number of rotatable bonds is 3. The molecular weight excluding hydrogens is 220 g/mol. The zero-order valence-electron chi connectivity index (χ0n) is 10.3. The molecule has 0 bridgehead atoms. The minimum atomic E-state index is -0.245. The summed E-state index contributed by atoms with van der Waals surface area (Å²) < 4.78 is 4.68. The van der Waals surface area contributed by atoms with E-state index in [2.05, 4.69) is 10.1 Å². The van der Waals surface area contributed by atoms with E-state index in [9.17, 15) is 9.59 Å². The maximum atomic E-state index is 11.5. The number of amides is 2. The van der Waals surface area contributed by atoms with Crippen LogP contribution in [0.5, 0.6) is 0 Å². The molecule has 1 N–H and O–H groups in total. The molecule has 0 aromatic rings. The molecule has 0 aromatic heterocycles. The lowest BCUT2D eigenvalue weighted by atomic mass is 9.97. The lowest BCUT2D eigenvalue weighted by Gasteiger charge is -2.30. The van der Waals surface area contributed by atoms with Gasteiger partial charge in [-0.2, -0.15) is 0 Å². The second-order valence-electron chi connectivity index (χ2n) is 4.92. The fourth-order valence-electron chi connectivity index (χ4n) is 2.18. The summed E-state index contributed by atoms with van der Waals surface area (Å²) in [6, 6.07) is 0. The number of carbonyl (C=O) groups is 2. The molecule has 5 nitrogen and oxygen atoms in total. The van der Waals surface area contributed by atoms with Gasteiger partial charge in [0.1, 0.15) is 0 Å². The lowest BCUT2D eigenvalue weighted by Crippen LogP contribution is -2.41. The number of ether oxygens (including phenoxy) is 1. The van der Waals surface area contributed by atoms with Crippen LogP contribution in [0.2, 0.25) is 0 Å². The minimum Gasteiger partial charge on any atom is -0.453 e. The predicted molar refractivity (Wildman–Crippen MR) is 62.4 cm³/mol. The van der Waals surface area contributed by atoms with Gasteiger partial charge >= 0.3 is 6.09 Å². The van der Waals surface area contributed by atoms with Crippen molar-refractivity contribution in [2.45, 2.75) is 25.7 Å². The lowest BCUT2D eigenvalue weighted by molar-refractivity contribution is -0.122. The van der Waals surface area contributed by atoms with Crippen LogP contribution in [-0.2, 0) is 9.53 Å². The van der Waals surface area contributed by atoms with Crippen molar-refractivity contribution in [3.05, 3.63) is 0 Å². The van der Waals surface area contributed by atoms with E-state index in [0.717, 1.165) is 45.3 Å². The second-order valence-corrected chi connectivity index (χ2v) is 4.92. The van der Waals surface area contributed by atoms with Crippen LogP contribution >= 0.6 is 0 Å². The van der Waals surface area contributed by atoms with Crippen molar-refractivity contribution in [1.29, 1.82) is 0 Å². The van der Waals surface area contributed by atoms with Gasteiger partial charge in [-0.05, 0) is 31.6 Å². The third kappa shape index (κ3) is 3.35. The van der Waals surface area contributed by atoms with Crippen molar-refractivity contribution < 1.29 is 14.3 Å². The maximum Gasteiger partial charge on any atom is 0.409 e. The standard InChI is InChI=1S/C12H20N2O3/c1-17-12(16)14-6-4-9(5-7-14)8-13-11(15)10-2-3-10/h9-10H,2-8H2,1H3,(H,13,15). The molecule has 96 valence electrons. The van der Waals surface area contributed by atoms with Crippen LogP contribution < -0.4 is 5.32 Å². The molecular formula is C12H20N2O3. The number of hydrogen-bond acceptors (Lipinski definition) is 3. The molecule has 0 spiro atoms. The van der Waals surface area contributed by atoms with Gasteiger partial charge in [0, 0.05) is 25.6 Å². The number of likely N-dealkylation sites (tertiary alicyclic amines) is 1. The Bertz CT molecular complexity index is 294. The van der Waals surface area contributed by atoms with E-state index < -0.39 is 0 Å². The molecule has 0 aromatic carbocycles. The molecule has 17 heavy (non-hydrogen) atoms. The van der Waals surface area contributed by atoms with Gasteiger partial charge in [-0.15, -0.1) is 0 Å². The molecule has 5 heteroatoms. The summed E-state index contributed by atoms with van der Waals surface area (Å²) in [6.07, 6.45) is 3.74. The largest absolute Gasteiger partial charge is 0.453 e. The van der Waals surface area contributed by atoms with Gasteiger partial charge in [-0.25, -0.2) is 4.79 Å². The molecule has 1 aliphatic heterocycles. The van der Waals surface area contributed by atoms with Crippen molar-refractivity contribution in [2.75, 3.05) is 26.7 Å². The summed E-state index contributed by atoms with van der Waals surface area (Å²) in [5.41, 5.74) is 0. The van der Waals surface area contributed by atoms with E-state index in [1.165, 1.54) is 7.11 Å². The van der Waals surface area contributed by atoms with E-state index >= 15 is 0 Å². The average Bonchev–Trinajstić information content (AvgIpc) is 3.20. The van der Waals surface area contributed by atoms with Crippen molar-refractivity contribution in [1.82, 2.24) is 10.2 Å². The first-order valence-electron chi connectivity index (χ1n) is 6.31. The normalized spacial score (nSPS) is 21.1. The summed E-state index contributed by atoms with van der Waals surface area (Å²) in [7, 11) is 1.41. The first-order chi connectivity index (χ1) is 8.20. The molecule has 1 aliphatic carbocycles. The van der Waals surface area contributed by atoms with Crippen LogP contribution in [0.4, 0.5) is 4.79 Å². The van der Waals surface area contributed by atoms with Crippen LogP contribution in [0.25, 0.3) is 0 Å². The predicted octanol–water partition coefficient (Wildman–Crippen LogP) is 0.991. The first-order valence-corrected chi connectivity index (χ1v) is 6.31. The van der Waals surface area contributed by atoms with Crippen molar-refractivity contribution in [3.8, 4) is 0 Å². The monoisotopic (exact) mass is 240 g/mol. The van der Waals surface area contributed by atoms with E-state index in [4.69, 9.17) is 0 Å². The van der Waals surface area contributed by atoms with Crippen LogP contribution in [-0.4, -0.2) is 43.6 Å². The van der Waals surface area contributed by atoms with Crippen LogP contribution in [0, 0.1) is 11.8 Å². The Balaban J connectivity index is 1.64. The molecule has 1 heterocycles. The summed E-state index contributed by atoms with van der Waals surface area (Å²) in [4.78, 5) is 24.5. The van der Waals surface area contributed by atoms with Gasteiger partial charge in [0.15, 0.2) is 0 Å². The van der Waals surface area contributed by atoms with E-state index in [0.29, 0.717) is 5.92 Å². The quantitative estimate of drug-likeness (QED) is 0.800. The number of nitrogens with zero attached hydrogens (tertiary/aromatic N) is 1. The van der Waals surface area contributed by atoms with Crippen LogP contribution in [0.1, 0.15) is 25.7 Å². The van der Waals surface area contributed by atoms with E-state index in [1.54, 1.807) is 4.90 Å². The van der Waals surface area contributed by atoms with E-state index in [1.807, 2.05) is 0 Å². The highest BCUT2D eigenvalue weighted by molar-refractivity contribution is 5.80. The zero-order valence-corrected chi connectivity index (χ0v) is 10.3. The Labute approximate surface area is 101 Å². The number of carbonyl (C=O) groups excluding carboxylic acids is 2. The van der Waals surface area contributed by atoms with Crippen molar-refractivity contribution >= 4 is 12.0 Å². The summed E-state index contributed by atoms with van der Waals surface area (Å²) in [6.45, 7) is 2.22. The Morgan fingerprint density at radius 3 is 2.41 bits per heavy atom. The van der Waals surface area contributed by atoms with Crippen molar-refractivity contribution in [2.24, 2.45) is 11.8 Å². The average molecular weight is 240 g/mol. The SMILES string of the molecule is COC(=O)N1CCC(CNC(=O)C2CC2)CC1. The molecule has 0 unspecified atom stereocenters. The Hall–Kier alpha value is -1.26. The number of piperidine rings is 1. The first kappa shape index (κ1) is 12.2. The van der Waals surface area contributed by atoms with Gasteiger partial charge in [0.2, 0.25) is 5.91 Å². The van der Waals surface area contributed by atoms with E-state index in [-0.39, 0.29) is 17.9 Å². The third-order valence-electron chi connectivity index (χ3n) is 3.56. The topological polar surface area (TPSA) is 58.6 Å². The van der Waals surface area contributed by atoms with Crippen molar-refractivity contribution in [3.63, 3.8) is 0 Å². The molecule has 2 amide bonds. The molecule has 1 saturated heterocycles. The highest BCUT2D eigenvalue weighted by Crippen LogP contribution is 2.29. The maximum absolute atomic E-state index is 11.5. The highest BCUT2D eigenvalue weighted by Gasteiger charge is 2.30. The third-order valence-corrected chi connectivity index (χ3v) is 3.56. The Morgan fingerprint density at radius 1 is 1.24 bits per heavy atom. The van der Waals surface area contributed by atoms with Crippen LogP contribution in [0.3, 0.4) is 0 Å². The second kappa shape index (κ2) is 5.38. The Morgan fingerprint density at radius 2 is 1.88 bits per heavy atom. The highest BCUT2D eigenvalue weighted by atomic mass is 16.5. The number of nitrogens with one attached hydrogen (secondary N) is 1. The van der Waals surface area contributed by atoms with Crippen LogP contribution in [0.15, 0.2) is 0 Å². The van der Waals surface area contributed by atoms with Gasteiger partial charge in [0.05, 0.1) is 7.11 Å². The minimum absolute atomic E-state index is 0.209. The molecule has 2 rings (SSSR count). The molecule has 2 fully saturated rings. The smallest absolute Gasteiger partial charge is 0.409 e. The zero-order chi connectivity index (χ0) is 12.3. The summed E-state index contributed by atoms with van der Waals surface area (Å²) in [5, 5.41) is 3.00. The molecule has 0 radical (unpaired) electrons. The Kier molecular flexibility index (Phi) is 3.86. The van der Waals surface area contributed by atoms with Gasteiger partial charge < -0.3 is 15.0 Å². The number of methoxy groups -OCH3 is 1. The van der Waals surface area contributed by atoms with Gasteiger partial charge in [-0.3, -0.25) is 4.79 Å². The fraction of sp³-hybridized carbons (Fsp3) is 0.833. The molecule has 2 aliphatic rings. The van der Waals surface area contributed by atoms with Gasteiger partial charge in [0.25, 0.3) is 0 Å². The molecule has 1 saturated carbocycles. The summed E-state index contributed by atoms with van der Waals surface area (Å²) >= 11 is 0. The number of hydrogen-bond donors (Lipinski definition) is 1. The summed E-state index contributed by atoms with van der Waals surface area (Å²) in [5.74, 6) is 0.990. The fourth-order valence-corrected chi connectivity index (χ4v) is 2.18.